The van der Waals surface area contributed by atoms with Gasteiger partial charge < -0.3 is 14.5 Å². The third-order valence-electron chi connectivity index (χ3n) is 3.51. The molecule has 0 aromatic carbocycles. The van der Waals surface area contributed by atoms with Crippen LogP contribution < -0.4 is 0 Å². The van der Waals surface area contributed by atoms with Gasteiger partial charge in [0.2, 0.25) is 0 Å². The fraction of sp³-hybridized carbons (Fsp3) is 0.909. The van der Waals surface area contributed by atoms with E-state index in [9.17, 15) is 0 Å². The van der Waals surface area contributed by atoms with E-state index in [0.717, 1.165) is 38.1 Å². The third-order valence-corrected chi connectivity index (χ3v) is 3.51. The molecule has 1 spiro atoms. The Bertz CT molecular complexity index is 257. The third kappa shape index (κ3) is 2.16. The Balaban J connectivity index is 2.04. The molecule has 2 aliphatic rings. The minimum atomic E-state index is 0.0449. The first-order valence-corrected chi connectivity index (χ1v) is 5.61. The lowest BCUT2D eigenvalue weighted by atomic mass is 9.88. The molecule has 0 aromatic rings. The zero-order chi connectivity index (χ0) is 10.9. The van der Waals surface area contributed by atoms with Crippen LogP contribution in [0.2, 0.25) is 0 Å². The van der Waals surface area contributed by atoms with Crippen LogP contribution in [0.5, 0.6) is 0 Å². The Morgan fingerprint density at radius 1 is 1.47 bits per heavy atom. The molecule has 4 heteroatoms. The van der Waals surface area contributed by atoms with Gasteiger partial charge in [0, 0.05) is 19.5 Å². The van der Waals surface area contributed by atoms with Gasteiger partial charge in [0.1, 0.15) is 7.11 Å². The van der Waals surface area contributed by atoms with Crippen molar-refractivity contribution < 1.29 is 9.57 Å². The highest BCUT2D eigenvalue weighted by molar-refractivity contribution is 5.90. The van der Waals surface area contributed by atoms with Crippen LogP contribution in [0.4, 0.5) is 0 Å². The molecule has 15 heavy (non-hydrogen) atoms. The number of rotatable bonds is 1. The van der Waals surface area contributed by atoms with Gasteiger partial charge in [-0.1, -0.05) is 5.16 Å². The van der Waals surface area contributed by atoms with Crippen molar-refractivity contribution in [2.24, 2.45) is 5.16 Å². The molecule has 0 bridgehead atoms. The summed E-state index contributed by atoms with van der Waals surface area (Å²) in [5.74, 6) is 0. The first-order chi connectivity index (χ1) is 7.15. The van der Waals surface area contributed by atoms with Crippen LogP contribution in [0.25, 0.3) is 0 Å². The van der Waals surface area contributed by atoms with Crippen molar-refractivity contribution in [2.75, 3.05) is 27.2 Å². The molecule has 0 saturated carbocycles. The van der Waals surface area contributed by atoms with Crippen molar-refractivity contribution in [3.8, 4) is 0 Å². The van der Waals surface area contributed by atoms with Crippen LogP contribution in [0.1, 0.15) is 26.2 Å². The van der Waals surface area contributed by atoms with E-state index in [1.54, 1.807) is 7.11 Å². The van der Waals surface area contributed by atoms with Gasteiger partial charge in [-0.3, -0.25) is 0 Å². The standard InChI is InChI=1S/C11H20N2O2/c1-9-10(12-14-3)8-11(15-9)4-6-13(2)7-5-11/h9H,4-8H2,1-3H3/b12-10-/t9-/m0/s1. The highest BCUT2D eigenvalue weighted by Gasteiger charge is 2.44. The molecule has 86 valence electrons. The summed E-state index contributed by atoms with van der Waals surface area (Å²) in [6, 6.07) is 0. The Labute approximate surface area is 91.2 Å². The smallest absolute Gasteiger partial charge is 0.106 e. The summed E-state index contributed by atoms with van der Waals surface area (Å²) >= 11 is 0. The van der Waals surface area contributed by atoms with Crippen LogP contribution in [0.3, 0.4) is 0 Å². The van der Waals surface area contributed by atoms with E-state index in [-0.39, 0.29) is 11.7 Å². The maximum atomic E-state index is 6.07. The summed E-state index contributed by atoms with van der Waals surface area (Å²) in [6.45, 7) is 4.30. The maximum absolute atomic E-state index is 6.07. The van der Waals surface area contributed by atoms with Crippen molar-refractivity contribution >= 4 is 5.71 Å². The van der Waals surface area contributed by atoms with Crippen LogP contribution >= 0.6 is 0 Å². The summed E-state index contributed by atoms with van der Waals surface area (Å²) in [6.07, 6.45) is 3.27. The molecular formula is C11H20N2O2. The van der Waals surface area contributed by atoms with Gasteiger partial charge in [-0.2, -0.15) is 0 Å². The Kier molecular flexibility index (Phi) is 2.98. The Morgan fingerprint density at radius 2 is 2.13 bits per heavy atom. The van der Waals surface area contributed by atoms with E-state index in [0.29, 0.717) is 0 Å². The summed E-state index contributed by atoms with van der Waals surface area (Å²) in [5.41, 5.74) is 1.10. The first kappa shape index (κ1) is 10.9. The normalized spacial score (nSPS) is 33.8. The summed E-state index contributed by atoms with van der Waals surface area (Å²) in [5, 5.41) is 4.05. The summed E-state index contributed by atoms with van der Waals surface area (Å²) in [4.78, 5) is 7.20. The zero-order valence-electron chi connectivity index (χ0n) is 9.82. The Hall–Kier alpha value is -0.610. The lowest BCUT2D eigenvalue weighted by Crippen LogP contribution is -2.42. The second kappa shape index (κ2) is 4.10. The summed E-state index contributed by atoms with van der Waals surface area (Å²) in [7, 11) is 3.76. The minimum Gasteiger partial charge on any atom is -0.399 e. The van der Waals surface area contributed by atoms with Gasteiger partial charge in [0.15, 0.2) is 0 Å². The molecule has 1 atom stereocenters. The zero-order valence-corrected chi connectivity index (χ0v) is 9.82. The second-order valence-electron chi connectivity index (χ2n) is 4.69. The van der Waals surface area contributed by atoms with E-state index >= 15 is 0 Å². The molecule has 2 saturated heterocycles. The van der Waals surface area contributed by atoms with Crippen molar-refractivity contribution in [3.63, 3.8) is 0 Å². The highest BCUT2D eigenvalue weighted by atomic mass is 16.6. The van der Waals surface area contributed by atoms with Gasteiger partial charge in [0.05, 0.1) is 17.4 Å². The highest BCUT2D eigenvalue weighted by Crippen LogP contribution is 2.37. The molecule has 2 heterocycles. The van der Waals surface area contributed by atoms with Gasteiger partial charge in [0.25, 0.3) is 0 Å². The molecule has 0 N–H and O–H groups in total. The predicted molar refractivity (Wildman–Crippen MR) is 59.1 cm³/mol. The minimum absolute atomic E-state index is 0.0449. The van der Waals surface area contributed by atoms with Crippen LogP contribution in [0.15, 0.2) is 5.16 Å². The van der Waals surface area contributed by atoms with Gasteiger partial charge in [-0.05, 0) is 26.8 Å². The van der Waals surface area contributed by atoms with Crippen LogP contribution in [-0.2, 0) is 9.57 Å². The average molecular weight is 212 g/mol. The van der Waals surface area contributed by atoms with Crippen molar-refractivity contribution in [3.05, 3.63) is 0 Å². The SMILES string of the molecule is CO/N=C1/CC2(CCN(C)CC2)O[C@H]1C. The van der Waals surface area contributed by atoms with Gasteiger partial charge in [-0.25, -0.2) is 0 Å². The number of piperidine rings is 1. The largest absolute Gasteiger partial charge is 0.399 e. The first-order valence-electron chi connectivity index (χ1n) is 5.61. The van der Waals surface area contributed by atoms with Crippen LogP contribution in [0, 0.1) is 0 Å². The molecular weight excluding hydrogens is 192 g/mol. The molecule has 0 aromatic heterocycles. The number of ether oxygens (including phenoxy) is 1. The fourth-order valence-electron chi connectivity index (χ4n) is 2.50. The molecule has 0 radical (unpaired) electrons. The lowest BCUT2D eigenvalue weighted by molar-refractivity contribution is -0.0657. The molecule has 2 rings (SSSR count). The quantitative estimate of drug-likeness (QED) is 0.614. The number of nitrogens with zero attached hydrogens (tertiary/aromatic N) is 2. The van der Waals surface area contributed by atoms with E-state index in [1.807, 2.05) is 0 Å². The Morgan fingerprint density at radius 3 is 2.73 bits per heavy atom. The molecule has 2 aliphatic heterocycles. The number of hydrogen-bond donors (Lipinski definition) is 0. The van der Waals surface area contributed by atoms with Crippen molar-refractivity contribution in [1.82, 2.24) is 4.90 Å². The lowest BCUT2D eigenvalue weighted by Gasteiger charge is -2.36. The average Bonchev–Trinajstić information content (AvgIpc) is 2.50. The number of oxime groups is 1. The van der Waals surface area contributed by atoms with Gasteiger partial charge >= 0.3 is 0 Å². The van der Waals surface area contributed by atoms with E-state index in [1.165, 1.54) is 0 Å². The molecule has 0 amide bonds. The van der Waals surface area contributed by atoms with E-state index in [4.69, 9.17) is 9.57 Å². The molecule has 4 nitrogen and oxygen atoms in total. The number of hydrogen-bond acceptors (Lipinski definition) is 4. The number of likely N-dealkylation sites (tertiary alicyclic amines) is 1. The second-order valence-corrected chi connectivity index (χ2v) is 4.69. The molecule has 0 unspecified atom stereocenters. The van der Waals surface area contributed by atoms with E-state index < -0.39 is 0 Å². The van der Waals surface area contributed by atoms with Gasteiger partial charge in [-0.15, -0.1) is 0 Å². The molecule has 0 aliphatic carbocycles. The predicted octanol–water partition coefficient (Wildman–Crippen LogP) is 1.26. The fourth-order valence-corrected chi connectivity index (χ4v) is 2.50. The van der Waals surface area contributed by atoms with Crippen LogP contribution in [-0.4, -0.2) is 49.6 Å². The monoisotopic (exact) mass is 212 g/mol. The topological polar surface area (TPSA) is 34.1 Å². The molecule has 2 fully saturated rings. The summed E-state index contributed by atoms with van der Waals surface area (Å²) < 4.78 is 6.07. The van der Waals surface area contributed by atoms with E-state index in [2.05, 4.69) is 24.0 Å². The van der Waals surface area contributed by atoms with Crippen molar-refractivity contribution in [2.45, 2.75) is 37.9 Å². The van der Waals surface area contributed by atoms with Crippen molar-refractivity contribution in [1.29, 1.82) is 0 Å². The maximum Gasteiger partial charge on any atom is 0.106 e.